The summed E-state index contributed by atoms with van der Waals surface area (Å²) in [6.45, 7) is 2.22. The molecule has 0 unspecified atom stereocenters. The van der Waals surface area contributed by atoms with E-state index in [2.05, 4.69) is 46.8 Å². The molecular formula is C19H18N2OS2. The number of aryl methyl sites for hydroxylation is 1. The first-order chi connectivity index (χ1) is 11.8. The smallest absolute Gasteiger partial charge is 0.151 e. The van der Waals surface area contributed by atoms with Crippen LogP contribution < -0.4 is 0 Å². The molecule has 0 aliphatic rings. The largest absolute Gasteiger partial charge is 0.394 e. The first kappa shape index (κ1) is 15.7. The van der Waals surface area contributed by atoms with Gasteiger partial charge in [-0.25, -0.2) is 4.98 Å². The molecular weight excluding hydrogens is 336 g/mol. The second-order valence-corrected chi connectivity index (χ2v) is 8.11. The molecule has 0 saturated carbocycles. The second-order valence-electron chi connectivity index (χ2n) is 5.81. The van der Waals surface area contributed by atoms with Crippen LogP contribution in [0.5, 0.6) is 0 Å². The number of fused-ring (bicyclic) bond motifs is 2. The molecule has 0 aliphatic carbocycles. The Morgan fingerprint density at radius 1 is 1.17 bits per heavy atom. The van der Waals surface area contributed by atoms with Gasteiger partial charge >= 0.3 is 0 Å². The van der Waals surface area contributed by atoms with Gasteiger partial charge in [0.25, 0.3) is 0 Å². The highest BCUT2D eigenvalue weighted by Crippen LogP contribution is 2.33. The number of thiazole rings is 1. The van der Waals surface area contributed by atoms with Crippen molar-refractivity contribution in [2.24, 2.45) is 0 Å². The number of hydrogen-bond acceptors (Lipinski definition) is 4. The van der Waals surface area contributed by atoms with E-state index in [0.717, 1.165) is 15.6 Å². The van der Waals surface area contributed by atoms with E-state index in [4.69, 9.17) is 0 Å². The molecule has 122 valence electrons. The number of hydrogen-bond donors (Lipinski definition) is 1. The molecule has 5 heteroatoms. The number of aliphatic hydroxyl groups is 1. The predicted octanol–water partition coefficient (Wildman–Crippen LogP) is 4.89. The summed E-state index contributed by atoms with van der Waals surface area (Å²) in [6, 6.07) is 18.8. The fraction of sp³-hybridized carbons (Fsp3) is 0.211. The van der Waals surface area contributed by atoms with Gasteiger partial charge in [-0.3, -0.25) is 0 Å². The van der Waals surface area contributed by atoms with E-state index in [1.807, 2.05) is 24.3 Å². The van der Waals surface area contributed by atoms with E-state index in [9.17, 15) is 5.11 Å². The van der Waals surface area contributed by atoms with E-state index in [-0.39, 0.29) is 12.6 Å². The minimum atomic E-state index is 0.0434. The number of benzene rings is 2. The fourth-order valence-electron chi connectivity index (χ4n) is 3.09. The lowest BCUT2D eigenvalue weighted by Crippen LogP contribution is -2.16. The summed E-state index contributed by atoms with van der Waals surface area (Å²) in [5.41, 5.74) is 3.41. The van der Waals surface area contributed by atoms with Crippen LogP contribution in [-0.4, -0.2) is 27.0 Å². The van der Waals surface area contributed by atoms with E-state index in [1.165, 1.54) is 21.3 Å². The summed E-state index contributed by atoms with van der Waals surface area (Å²) in [7, 11) is 0. The Bertz CT molecular complexity index is 956. The lowest BCUT2D eigenvalue weighted by atomic mass is 10.2. The van der Waals surface area contributed by atoms with Gasteiger partial charge in [-0.2, -0.15) is 0 Å². The molecule has 2 heterocycles. The minimum Gasteiger partial charge on any atom is -0.394 e. The first-order valence-electron chi connectivity index (χ1n) is 7.92. The lowest BCUT2D eigenvalue weighted by Gasteiger charge is -2.19. The van der Waals surface area contributed by atoms with Crippen molar-refractivity contribution in [1.82, 2.24) is 9.55 Å². The number of para-hydroxylation sites is 2. The van der Waals surface area contributed by atoms with Crippen LogP contribution in [0.25, 0.3) is 21.1 Å². The van der Waals surface area contributed by atoms with Crippen LogP contribution >= 0.6 is 23.1 Å². The Labute approximate surface area is 149 Å². The van der Waals surface area contributed by atoms with Crippen molar-refractivity contribution in [1.29, 1.82) is 0 Å². The third kappa shape index (κ3) is 2.83. The number of nitrogens with zero attached hydrogens (tertiary/aromatic N) is 2. The minimum absolute atomic E-state index is 0.0434. The van der Waals surface area contributed by atoms with Crippen LogP contribution in [0.4, 0.5) is 0 Å². The van der Waals surface area contributed by atoms with Crippen LogP contribution in [-0.2, 0) is 0 Å². The quantitative estimate of drug-likeness (QED) is 0.519. The Balaban J connectivity index is 1.60. The number of thioether (sulfide) groups is 1. The maximum absolute atomic E-state index is 9.95. The Hall–Kier alpha value is -1.82. The van der Waals surface area contributed by atoms with Crippen LogP contribution in [0.2, 0.25) is 0 Å². The Morgan fingerprint density at radius 2 is 1.96 bits per heavy atom. The Morgan fingerprint density at radius 3 is 2.79 bits per heavy atom. The molecule has 4 rings (SSSR count). The van der Waals surface area contributed by atoms with Gasteiger partial charge in [0.2, 0.25) is 0 Å². The van der Waals surface area contributed by atoms with Gasteiger partial charge < -0.3 is 9.67 Å². The summed E-state index contributed by atoms with van der Waals surface area (Å²) in [6.07, 6.45) is 0. The molecule has 0 saturated heterocycles. The monoisotopic (exact) mass is 354 g/mol. The van der Waals surface area contributed by atoms with E-state index >= 15 is 0 Å². The molecule has 4 aromatic rings. The number of aromatic nitrogens is 2. The summed E-state index contributed by atoms with van der Waals surface area (Å²) in [4.78, 5) is 4.68. The van der Waals surface area contributed by atoms with Crippen molar-refractivity contribution in [3.05, 3.63) is 60.3 Å². The van der Waals surface area contributed by atoms with Gasteiger partial charge in [0.05, 0.1) is 22.9 Å². The average molecular weight is 354 g/mol. The van der Waals surface area contributed by atoms with Crippen molar-refractivity contribution >= 4 is 44.2 Å². The van der Waals surface area contributed by atoms with Crippen molar-refractivity contribution in [2.75, 3.05) is 12.4 Å². The molecule has 24 heavy (non-hydrogen) atoms. The fourth-order valence-corrected chi connectivity index (χ4v) is 5.25. The number of rotatable bonds is 5. The standard InChI is InChI=1S/C19H18N2OS2/c1-13-10-14-6-2-4-8-17(14)21(13)15(11-22)12-23-19-20-16-7-3-5-9-18(16)24-19/h2-10,15,22H,11-12H2,1H3/t15-/m0/s1. The first-order valence-corrected chi connectivity index (χ1v) is 9.72. The van der Waals surface area contributed by atoms with Crippen molar-refractivity contribution < 1.29 is 5.11 Å². The molecule has 0 amide bonds. The van der Waals surface area contributed by atoms with Gasteiger partial charge in [0.1, 0.15) is 0 Å². The predicted molar refractivity (Wildman–Crippen MR) is 103 cm³/mol. The highest BCUT2D eigenvalue weighted by molar-refractivity contribution is 8.01. The van der Waals surface area contributed by atoms with Crippen LogP contribution in [0.3, 0.4) is 0 Å². The van der Waals surface area contributed by atoms with Crippen LogP contribution in [0.15, 0.2) is 58.9 Å². The average Bonchev–Trinajstić information content (AvgIpc) is 3.16. The van der Waals surface area contributed by atoms with E-state index < -0.39 is 0 Å². The highest BCUT2D eigenvalue weighted by Gasteiger charge is 2.16. The normalized spacial score (nSPS) is 12.9. The summed E-state index contributed by atoms with van der Waals surface area (Å²) >= 11 is 3.44. The maximum Gasteiger partial charge on any atom is 0.151 e. The molecule has 2 aromatic carbocycles. The highest BCUT2D eigenvalue weighted by atomic mass is 32.2. The molecule has 0 bridgehead atoms. The SMILES string of the molecule is Cc1cc2ccccc2n1[C@@H](CO)CSc1nc2ccccc2s1. The second kappa shape index (κ2) is 6.59. The van der Waals surface area contributed by atoms with Gasteiger partial charge in [-0.15, -0.1) is 11.3 Å². The third-order valence-corrected chi connectivity index (χ3v) is 6.51. The summed E-state index contributed by atoms with van der Waals surface area (Å²) < 4.78 is 4.52. The van der Waals surface area contributed by atoms with E-state index in [1.54, 1.807) is 23.1 Å². The molecule has 1 N–H and O–H groups in total. The number of aliphatic hydroxyl groups excluding tert-OH is 1. The zero-order valence-corrected chi connectivity index (χ0v) is 15.0. The molecule has 2 aromatic heterocycles. The topological polar surface area (TPSA) is 38.0 Å². The lowest BCUT2D eigenvalue weighted by molar-refractivity contribution is 0.243. The van der Waals surface area contributed by atoms with Gasteiger partial charge in [-0.05, 0) is 36.6 Å². The summed E-state index contributed by atoms with van der Waals surface area (Å²) in [5.74, 6) is 0.801. The molecule has 0 radical (unpaired) electrons. The maximum atomic E-state index is 9.95. The molecule has 3 nitrogen and oxygen atoms in total. The third-order valence-electron chi connectivity index (χ3n) is 4.19. The van der Waals surface area contributed by atoms with Crippen molar-refractivity contribution in [2.45, 2.75) is 17.3 Å². The summed E-state index contributed by atoms with van der Waals surface area (Å²) in [5, 5.41) is 11.2. The zero-order chi connectivity index (χ0) is 16.5. The molecule has 0 aliphatic heterocycles. The molecule has 1 atom stereocenters. The van der Waals surface area contributed by atoms with Gasteiger partial charge in [0.15, 0.2) is 4.34 Å². The van der Waals surface area contributed by atoms with Gasteiger partial charge in [-0.1, -0.05) is 42.1 Å². The molecule has 0 fully saturated rings. The zero-order valence-electron chi connectivity index (χ0n) is 13.3. The molecule has 0 spiro atoms. The van der Waals surface area contributed by atoms with Crippen molar-refractivity contribution in [3.8, 4) is 0 Å². The van der Waals surface area contributed by atoms with Crippen molar-refractivity contribution in [3.63, 3.8) is 0 Å². The van der Waals surface area contributed by atoms with E-state index in [0.29, 0.717) is 0 Å². The van der Waals surface area contributed by atoms with Crippen LogP contribution in [0, 0.1) is 6.92 Å². The van der Waals surface area contributed by atoms with Crippen LogP contribution in [0.1, 0.15) is 11.7 Å². The van der Waals surface area contributed by atoms with Gasteiger partial charge in [0, 0.05) is 17.0 Å². The Kier molecular flexibility index (Phi) is 4.31.